The zero-order valence-electron chi connectivity index (χ0n) is 9.15. The van der Waals surface area contributed by atoms with Crippen molar-refractivity contribution >= 4 is 5.97 Å². The summed E-state index contributed by atoms with van der Waals surface area (Å²) in [5.74, 6) is -0.896. The van der Waals surface area contributed by atoms with Crippen molar-refractivity contribution in [2.24, 2.45) is 5.73 Å². The topological polar surface area (TPSA) is 116 Å². The first-order valence-corrected chi connectivity index (χ1v) is 5.01. The van der Waals surface area contributed by atoms with Gasteiger partial charge in [0.05, 0.1) is 6.61 Å². The molecule has 6 N–H and O–H groups in total. The van der Waals surface area contributed by atoms with Crippen molar-refractivity contribution in [3.05, 3.63) is 0 Å². The van der Waals surface area contributed by atoms with Crippen molar-refractivity contribution in [3.63, 3.8) is 0 Å². The largest absolute Gasteiger partial charge is 0.480 e. The van der Waals surface area contributed by atoms with Gasteiger partial charge in [-0.3, -0.25) is 4.79 Å². The van der Waals surface area contributed by atoms with Crippen LogP contribution in [0.5, 0.6) is 0 Å². The van der Waals surface area contributed by atoms with Crippen molar-refractivity contribution in [3.8, 4) is 0 Å². The zero-order chi connectivity index (χ0) is 12.1. The van der Waals surface area contributed by atoms with Crippen molar-refractivity contribution in [1.29, 1.82) is 0 Å². The number of aliphatic hydroxyl groups excluding tert-OH is 2. The molecule has 0 saturated carbocycles. The van der Waals surface area contributed by atoms with Crippen LogP contribution < -0.4 is 11.1 Å². The molecule has 0 aromatic rings. The van der Waals surface area contributed by atoms with E-state index in [1.807, 2.05) is 6.92 Å². The quantitative estimate of drug-likeness (QED) is 0.368. The zero-order valence-corrected chi connectivity index (χ0v) is 9.15. The fraction of sp³-hybridized carbons (Fsp3) is 0.889. The molecule has 92 valence electrons. The maximum absolute atomic E-state index is 10.4. The maximum Gasteiger partial charge on any atom is 0.320 e. The molecule has 0 rings (SSSR count). The highest BCUT2D eigenvalue weighted by Crippen LogP contribution is 1.90. The lowest BCUT2D eigenvalue weighted by molar-refractivity contribution is -0.139. The van der Waals surface area contributed by atoms with Crippen LogP contribution in [0.4, 0.5) is 0 Å². The van der Waals surface area contributed by atoms with Crippen molar-refractivity contribution in [1.82, 2.24) is 5.32 Å². The lowest BCUT2D eigenvalue weighted by Crippen LogP contribution is -2.37. The Morgan fingerprint density at radius 1 is 1.40 bits per heavy atom. The van der Waals surface area contributed by atoms with Crippen LogP contribution >= 0.6 is 0 Å². The summed E-state index contributed by atoms with van der Waals surface area (Å²) >= 11 is 0. The molecule has 0 spiro atoms. The third-order valence-corrected chi connectivity index (χ3v) is 1.49. The number of rotatable bonds is 7. The molecule has 0 aliphatic heterocycles. The molecular weight excluding hydrogens is 200 g/mol. The van der Waals surface area contributed by atoms with Crippen LogP contribution in [0.1, 0.15) is 19.8 Å². The van der Waals surface area contributed by atoms with Gasteiger partial charge in [0, 0.05) is 13.2 Å². The predicted octanol–water partition coefficient (Wildman–Crippen LogP) is -1.24. The van der Waals surface area contributed by atoms with Gasteiger partial charge in [0.25, 0.3) is 0 Å². The molecule has 0 saturated heterocycles. The van der Waals surface area contributed by atoms with E-state index in [-0.39, 0.29) is 19.6 Å². The number of hydrogen-bond acceptors (Lipinski definition) is 5. The Morgan fingerprint density at radius 2 is 1.93 bits per heavy atom. The monoisotopic (exact) mass is 222 g/mol. The van der Waals surface area contributed by atoms with Crippen LogP contribution in [0.15, 0.2) is 0 Å². The average Bonchev–Trinajstić information content (AvgIpc) is 2.24. The molecule has 0 radical (unpaired) electrons. The number of carboxylic acid groups (broad SMARTS) is 1. The third kappa shape index (κ3) is 13.3. The molecule has 0 aliphatic carbocycles. The number of hydrogen-bond donors (Lipinski definition) is 5. The van der Waals surface area contributed by atoms with Crippen LogP contribution in [0.2, 0.25) is 0 Å². The van der Waals surface area contributed by atoms with Crippen molar-refractivity contribution in [2.45, 2.75) is 25.8 Å². The van der Waals surface area contributed by atoms with E-state index < -0.39 is 12.0 Å². The number of nitrogens with two attached hydrogens (primary N) is 1. The molecular formula is C9H22N2O4. The van der Waals surface area contributed by atoms with Crippen LogP contribution in [0, 0.1) is 0 Å². The smallest absolute Gasteiger partial charge is 0.320 e. The van der Waals surface area contributed by atoms with Gasteiger partial charge in [0.2, 0.25) is 0 Å². The van der Waals surface area contributed by atoms with Gasteiger partial charge in [-0.05, 0) is 19.4 Å². The summed E-state index contributed by atoms with van der Waals surface area (Å²) in [4.78, 5) is 10.4. The number of aliphatic hydroxyl groups is 2. The molecule has 0 bridgehead atoms. The fourth-order valence-electron chi connectivity index (χ4n) is 0.761. The van der Waals surface area contributed by atoms with E-state index >= 15 is 0 Å². The summed E-state index contributed by atoms with van der Waals surface area (Å²) in [5.41, 5.74) is 4.78. The molecule has 0 unspecified atom stereocenters. The van der Waals surface area contributed by atoms with Gasteiger partial charge in [-0.15, -0.1) is 0 Å². The lowest BCUT2D eigenvalue weighted by atomic mass is 10.2. The van der Waals surface area contributed by atoms with E-state index in [0.717, 1.165) is 6.42 Å². The Balaban J connectivity index is 0. The van der Waals surface area contributed by atoms with Gasteiger partial charge >= 0.3 is 5.97 Å². The first kappa shape index (κ1) is 16.7. The van der Waals surface area contributed by atoms with Crippen LogP contribution in [0.3, 0.4) is 0 Å². The molecule has 0 aliphatic rings. The summed E-state index contributed by atoms with van der Waals surface area (Å²) in [6.07, 6.45) is 1.17. The van der Waals surface area contributed by atoms with Gasteiger partial charge < -0.3 is 26.4 Å². The van der Waals surface area contributed by atoms with Crippen LogP contribution in [0.25, 0.3) is 0 Å². The summed E-state index contributed by atoms with van der Waals surface area (Å²) in [6.45, 7) is 3.02. The normalized spacial score (nSPS) is 11.5. The minimum atomic E-state index is -0.896. The Hall–Kier alpha value is -0.690. The Labute approximate surface area is 90.1 Å². The van der Waals surface area contributed by atoms with E-state index in [4.69, 9.17) is 21.1 Å². The number of nitrogens with one attached hydrogen (secondary N) is 1. The van der Waals surface area contributed by atoms with E-state index in [0.29, 0.717) is 13.1 Å². The lowest BCUT2D eigenvalue weighted by Gasteiger charge is -2.11. The van der Waals surface area contributed by atoms with Gasteiger partial charge in [0.15, 0.2) is 0 Å². The standard InChI is InChI=1S/C7H15NO3.C2H7NO/c1-2-4-8-6(3-5-9)7(10)11;3-1-2-4/h6,8-9H,2-5H2,1H3,(H,10,11);4H,1-3H2/t6-;/m0./s1. The van der Waals surface area contributed by atoms with E-state index in [1.165, 1.54) is 0 Å². The summed E-state index contributed by atoms with van der Waals surface area (Å²) in [5, 5.41) is 27.6. The van der Waals surface area contributed by atoms with Gasteiger partial charge in [0.1, 0.15) is 6.04 Å². The van der Waals surface area contributed by atoms with Crippen LogP contribution in [-0.2, 0) is 4.79 Å². The summed E-state index contributed by atoms with van der Waals surface area (Å²) < 4.78 is 0. The third-order valence-electron chi connectivity index (χ3n) is 1.49. The highest BCUT2D eigenvalue weighted by atomic mass is 16.4. The molecule has 0 heterocycles. The Kier molecular flexibility index (Phi) is 14.8. The van der Waals surface area contributed by atoms with Gasteiger partial charge in [-0.1, -0.05) is 6.92 Å². The average molecular weight is 222 g/mol. The molecule has 0 fully saturated rings. The number of carbonyl (C=O) groups is 1. The minimum Gasteiger partial charge on any atom is -0.480 e. The first-order chi connectivity index (χ1) is 7.13. The number of aliphatic carboxylic acids is 1. The number of carboxylic acids is 1. The molecule has 0 aromatic carbocycles. The second kappa shape index (κ2) is 13.3. The molecule has 1 atom stereocenters. The van der Waals surface area contributed by atoms with Crippen molar-refractivity contribution < 1.29 is 20.1 Å². The SMILES string of the molecule is CCCN[C@@H](CCO)C(=O)O.NCCO. The van der Waals surface area contributed by atoms with Crippen LogP contribution in [-0.4, -0.2) is 53.6 Å². The first-order valence-electron chi connectivity index (χ1n) is 5.01. The molecule has 15 heavy (non-hydrogen) atoms. The molecule has 6 nitrogen and oxygen atoms in total. The van der Waals surface area contributed by atoms with E-state index in [9.17, 15) is 4.79 Å². The molecule has 0 amide bonds. The summed E-state index contributed by atoms with van der Waals surface area (Å²) in [7, 11) is 0. The molecule has 6 heteroatoms. The Bertz CT molecular complexity index is 142. The second-order valence-corrected chi connectivity index (χ2v) is 2.87. The maximum atomic E-state index is 10.4. The van der Waals surface area contributed by atoms with Crippen molar-refractivity contribution in [2.75, 3.05) is 26.3 Å². The Morgan fingerprint density at radius 3 is 2.20 bits per heavy atom. The van der Waals surface area contributed by atoms with Gasteiger partial charge in [-0.25, -0.2) is 0 Å². The second-order valence-electron chi connectivity index (χ2n) is 2.87. The minimum absolute atomic E-state index is 0.0896. The molecule has 0 aromatic heterocycles. The van der Waals surface area contributed by atoms with Gasteiger partial charge in [-0.2, -0.15) is 0 Å². The fourth-order valence-corrected chi connectivity index (χ4v) is 0.761. The predicted molar refractivity (Wildman–Crippen MR) is 57.6 cm³/mol. The highest BCUT2D eigenvalue weighted by molar-refractivity contribution is 5.73. The van der Waals surface area contributed by atoms with E-state index in [2.05, 4.69) is 5.32 Å². The van der Waals surface area contributed by atoms with E-state index in [1.54, 1.807) is 0 Å². The highest BCUT2D eigenvalue weighted by Gasteiger charge is 2.14. The summed E-state index contributed by atoms with van der Waals surface area (Å²) in [6, 6.07) is -0.597.